The molecule has 0 aromatic heterocycles. The Labute approximate surface area is 82.5 Å². The van der Waals surface area contributed by atoms with Crippen molar-refractivity contribution in [3.63, 3.8) is 0 Å². The van der Waals surface area contributed by atoms with Gasteiger partial charge in [-0.25, -0.2) is 0 Å². The van der Waals surface area contributed by atoms with Gasteiger partial charge in [0.1, 0.15) is 0 Å². The summed E-state index contributed by atoms with van der Waals surface area (Å²) in [7, 11) is 0. The fourth-order valence-electron chi connectivity index (χ4n) is 2.29. The van der Waals surface area contributed by atoms with Gasteiger partial charge in [0.2, 0.25) is 0 Å². The Kier molecular flexibility index (Phi) is 4.74. The number of piperidine rings is 1. The fourth-order valence-corrected chi connectivity index (χ4v) is 2.29. The van der Waals surface area contributed by atoms with Crippen LogP contribution in [0, 0.1) is 5.92 Å². The molecule has 1 aliphatic heterocycles. The van der Waals surface area contributed by atoms with Crippen LogP contribution in [0.15, 0.2) is 0 Å². The SMILES string of the molecule is CCCC(C)N1CCCC(CN)C1. The number of likely N-dealkylation sites (tertiary alicyclic amines) is 1. The van der Waals surface area contributed by atoms with E-state index >= 15 is 0 Å². The second-order valence-electron chi connectivity index (χ2n) is 4.38. The number of nitrogens with zero attached hydrogens (tertiary/aromatic N) is 1. The van der Waals surface area contributed by atoms with Gasteiger partial charge in [-0.1, -0.05) is 13.3 Å². The Hall–Kier alpha value is -0.0800. The summed E-state index contributed by atoms with van der Waals surface area (Å²) < 4.78 is 0. The maximum absolute atomic E-state index is 5.71. The van der Waals surface area contributed by atoms with Crippen LogP contribution in [0.1, 0.15) is 39.5 Å². The van der Waals surface area contributed by atoms with Crippen LogP contribution in [0.25, 0.3) is 0 Å². The minimum absolute atomic E-state index is 0.757. The van der Waals surface area contributed by atoms with Crippen molar-refractivity contribution >= 4 is 0 Å². The number of rotatable bonds is 4. The van der Waals surface area contributed by atoms with Gasteiger partial charge in [-0.05, 0) is 45.2 Å². The van der Waals surface area contributed by atoms with Gasteiger partial charge in [0.05, 0.1) is 0 Å². The summed E-state index contributed by atoms with van der Waals surface area (Å²) in [6.07, 6.45) is 5.31. The molecule has 2 nitrogen and oxygen atoms in total. The zero-order chi connectivity index (χ0) is 9.68. The molecule has 0 spiro atoms. The Morgan fingerprint density at radius 1 is 1.54 bits per heavy atom. The summed E-state index contributed by atoms with van der Waals surface area (Å²) in [6, 6.07) is 0.763. The van der Waals surface area contributed by atoms with Gasteiger partial charge in [-0.15, -0.1) is 0 Å². The molecular weight excluding hydrogens is 160 g/mol. The third kappa shape index (κ3) is 3.28. The van der Waals surface area contributed by atoms with Gasteiger partial charge in [0.15, 0.2) is 0 Å². The topological polar surface area (TPSA) is 29.3 Å². The third-order valence-corrected chi connectivity index (χ3v) is 3.21. The van der Waals surface area contributed by atoms with Crippen molar-refractivity contribution in [2.75, 3.05) is 19.6 Å². The van der Waals surface area contributed by atoms with E-state index in [0.29, 0.717) is 0 Å². The molecule has 0 aromatic rings. The molecule has 13 heavy (non-hydrogen) atoms. The average Bonchev–Trinajstić information content (AvgIpc) is 2.18. The fraction of sp³-hybridized carbons (Fsp3) is 1.00. The van der Waals surface area contributed by atoms with Crippen LogP contribution in [-0.4, -0.2) is 30.6 Å². The summed E-state index contributed by atoms with van der Waals surface area (Å²) in [5.74, 6) is 0.757. The van der Waals surface area contributed by atoms with E-state index in [1.165, 1.54) is 38.8 Å². The molecule has 0 aromatic carbocycles. The zero-order valence-corrected chi connectivity index (χ0v) is 9.13. The highest BCUT2D eigenvalue weighted by atomic mass is 15.2. The molecule has 2 unspecified atom stereocenters. The summed E-state index contributed by atoms with van der Waals surface area (Å²) in [5, 5.41) is 0. The predicted molar refractivity (Wildman–Crippen MR) is 57.7 cm³/mol. The molecule has 0 saturated carbocycles. The highest BCUT2D eigenvalue weighted by Crippen LogP contribution is 2.19. The molecule has 0 radical (unpaired) electrons. The van der Waals surface area contributed by atoms with Gasteiger partial charge in [-0.2, -0.15) is 0 Å². The van der Waals surface area contributed by atoms with E-state index < -0.39 is 0 Å². The van der Waals surface area contributed by atoms with E-state index in [4.69, 9.17) is 5.73 Å². The zero-order valence-electron chi connectivity index (χ0n) is 9.13. The van der Waals surface area contributed by atoms with E-state index in [0.717, 1.165) is 18.5 Å². The highest BCUT2D eigenvalue weighted by Gasteiger charge is 2.21. The van der Waals surface area contributed by atoms with Crippen molar-refractivity contribution in [1.82, 2.24) is 4.90 Å². The molecule has 1 saturated heterocycles. The van der Waals surface area contributed by atoms with Crippen LogP contribution in [0.2, 0.25) is 0 Å². The molecule has 2 heteroatoms. The molecule has 1 aliphatic rings. The summed E-state index contributed by atoms with van der Waals surface area (Å²) in [5.41, 5.74) is 5.71. The van der Waals surface area contributed by atoms with E-state index in [2.05, 4.69) is 18.7 Å². The first-order valence-electron chi connectivity index (χ1n) is 5.72. The van der Waals surface area contributed by atoms with Crippen molar-refractivity contribution in [2.24, 2.45) is 11.7 Å². The summed E-state index contributed by atoms with van der Waals surface area (Å²) in [6.45, 7) is 8.01. The smallest absolute Gasteiger partial charge is 0.00669 e. The van der Waals surface area contributed by atoms with Crippen LogP contribution in [-0.2, 0) is 0 Å². The molecule has 1 rings (SSSR count). The maximum atomic E-state index is 5.71. The lowest BCUT2D eigenvalue weighted by atomic mass is 9.96. The van der Waals surface area contributed by atoms with Gasteiger partial charge >= 0.3 is 0 Å². The average molecular weight is 184 g/mol. The van der Waals surface area contributed by atoms with Gasteiger partial charge in [-0.3, -0.25) is 0 Å². The first kappa shape index (κ1) is 11.0. The normalized spacial score (nSPS) is 27.5. The Bertz CT molecular complexity index is 136. The first-order chi connectivity index (χ1) is 6.27. The van der Waals surface area contributed by atoms with E-state index in [-0.39, 0.29) is 0 Å². The summed E-state index contributed by atoms with van der Waals surface area (Å²) >= 11 is 0. The standard InChI is InChI=1S/C11H24N2/c1-3-5-10(2)13-7-4-6-11(8-12)9-13/h10-11H,3-9,12H2,1-2H3. The minimum Gasteiger partial charge on any atom is -0.330 e. The Morgan fingerprint density at radius 3 is 2.92 bits per heavy atom. The highest BCUT2D eigenvalue weighted by molar-refractivity contribution is 4.77. The van der Waals surface area contributed by atoms with Crippen LogP contribution >= 0.6 is 0 Å². The van der Waals surface area contributed by atoms with Gasteiger partial charge in [0.25, 0.3) is 0 Å². The van der Waals surface area contributed by atoms with Crippen molar-refractivity contribution in [3.8, 4) is 0 Å². The Morgan fingerprint density at radius 2 is 2.31 bits per heavy atom. The summed E-state index contributed by atoms with van der Waals surface area (Å²) in [4.78, 5) is 2.62. The third-order valence-electron chi connectivity index (χ3n) is 3.21. The van der Waals surface area contributed by atoms with E-state index in [1.54, 1.807) is 0 Å². The molecule has 0 aliphatic carbocycles. The molecule has 1 fully saturated rings. The number of nitrogens with two attached hydrogens (primary N) is 1. The van der Waals surface area contributed by atoms with Crippen LogP contribution in [0.5, 0.6) is 0 Å². The van der Waals surface area contributed by atoms with Crippen molar-refractivity contribution in [1.29, 1.82) is 0 Å². The largest absolute Gasteiger partial charge is 0.330 e. The lowest BCUT2D eigenvalue weighted by Gasteiger charge is -2.36. The van der Waals surface area contributed by atoms with Gasteiger partial charge < -0.3 is 10.6 Å². The molecule has 2 atom stereocenters. The molecular formula is C11H24N2. The molecule has 0 bridgehead atoms. The van der Waals surface area contributed by atoms with E-state index in [1.807, 2.05) is 0 Å². The number of hydrogen-bond acceptors (Lipinski definition) is 2. The van der Waals surface area contributed by atoms with Crippen molar-refractivity contribution < 1.29 is 0 Å². The van der Waals surface area contributed by atoms with Crippen molar-refractivity contribution in [2.45, 2.75) is 45.6 Å². The quantitative estimate of drug-likeness (QED) is 0.722. The van der Waals surface area contributed by atoms with Crippen LogP contribution < -0.4 is 5.73 Å². The first-order valence-corrected chi connectivity index (χ1v) is 5.72. The predicted octanol–water partition coefficient (Wildman–Crippen LogP) is 1.85. The van der Waals surface area contributed by atoms with E-state index in [9.17, 15) is 0 Å². The monoisotopic (exact) mass is 184 g/mol. The molecule has 2 N–H and O–H groups in total. The van der Waals surface area contributed by atoms with Crippen LogP contribution in [0.3, 0.4) is 0 Å². The second kappa shape index (κ2) is 5.61. The second-order valence-corrected chi connectivity index (χ2v) is 4.38. The lowest BCUT2D eigenvalue weighted by Crippen LogP contribution is -2.43. The minimum atomic E-state index is 0.757. The van der Waals surface area contributed by atoms with Gasteiger partial charge in [0, 0.05) is 12.6 Å². The maximum Gasteiger partial charge on any atom is 0.00669 e. The lowest BCUT2D eigenvalue weighted by molar-refractivity contribution is 0.128. The molecule has 0 amide bonds. The van der Waals surface area contributed by atoms with Crippen LogP contribution in [0.4, 0.5) is 0 Å². The molecule has 1 heterocycles. The number of hydrogen-bond donors (Lipinski definition) is 1. The van der Waals surface area contributed by atoms with Crippen molar-refractivity contribution in [3.05, 3.63) is 0 Å². The molecule has 78 valence electrons. The Balaban J connectivity index is 2.32.